The van der Waals surface area contributed by atoms with Crippen molar-refractivity contribution >= 4 is 28.2 Å². The van der Waals surface area contributed by atoms with Gasteiger partial charge in [-0.15, -0.1) is 12.4 Å². The van der Waals surface area contributed by atoms with Crippen LogP contribution in [0, 0.1) is 5.41 Å². The zero-order valence-corrected chi connectivity index (χ0v) is 15.2. The smallest absolute Gasteiger partial charge is 0.231 e. The SMILES string of the molecule is COCC1(C(=O)N2CCS(=O)(=O)C(C)(C)C2)CCNCC1.Cl. The normalized spacial score (nSPS) is 26.0. The molecule has 0 radical (unpaired) electrons. The molecule has 0 aromatic rings. The summed E-state index contributed by atoms with van der Waals surface area (Å²) in [5.41, 5.74) is -0.503. The summed E-state index contributed by atoms with van der Waals surface area (Å²) >= 11 is 0. The molecule has 0 aliphatic carbocycles. The lowest BCUT2D eigenvalue weighted by Gasteiger charge is -2.44. The van der Waals surface area contributed by atoms with E-state index in [1.54, 1.807) is 25.9 Å². The molecule has 0 bridgehead atoms. The maximum Gasteiger partial charge on any atom is 0.231 e. The lowest BCUT2D eigenvalue weighted by Crippen LogP contribution is -2.59. The fourth-order valence-electron chi connectivity index (χ4n) is 3.25. The van der Waals surface area contributed by atoms with Gasteiger partial charge in [0.05, 0.1) is 22.5 Å². The maximum atomic E-state index is 13.0. The van der Waals surface area contributed by atoms with Crippen molar-refractivity contribution in [1.82, 2.24) is 10.2 Å². The van der Waals surface area contributed by atoms with Gasteiger partial charge in [-0.1, -0.05) is 0 Å². The van der Waals surface area contributed by atoms with Crippen LogP contribution in [0.4, 0.5) is 0 Å². The van der Waals surface area contributed by atoms with Crippen LogP contribution in [0.5, 0.6) is 0 Å². The molecule has 6 nitrogen and oxygen atoms in total. The number of hydrogen-bond donors (Lipinski definition) is 1. The zero-order valence-electron chi connectivity index (χ0n) is 13.6. The van der Waals surface area contributed by atoms with Crippen LogP contribution in [0.2, 0.25) is 0 Å². The van der Waals surface area contributed by atoms with Crippen molar-refractivity contribution in [3.8, 4) is 0 Å². The Kier molecular flexibility index (Phi) is 6.29. The molecule has 1 amide bonds. The summed E-state index contributed by atoms with van der Waals surface area (Å²) < 4.78 is 28.6. The van der Waals surface area contributed by atoms with E-state index in [1.165, 1.54) is 0 Å². The number of piperidine rings is 1. The average Bonchev–Trinajstić information content (AvgIpc) is 2.42. The topological polar surface area (TPSA) is 75.7 Å². The largest absolute Gasteiger partial charge is 0.384 e. The number of carbonyl (C=O) groups is 1. The van der Waals surface area contributed by atoms with Gasteiger partial charge >= 0.3 is 0 Å². The molecule has 0 unspecified atom stereocenters. The Balaban J connectivity index is 0.00000242. The zero-order chi connectivity index (χ0) is 15.7. The van der Waals surface area contributed by atoms with Crippen molar-refractivity contribution in [2.24, 2.45) is 5.41 Å². The number of sulfone groups is 1. The molecule has 22 heavy (non-hydrogen) atoms. The molecule has 1 N–H and O–H groups in total. The van der Waals surface area contributed by atoms with Gasteiger partial charge < -0.3 is 15.0 Å². The molecule has 2 rings (SSSR count). The Labute approximate surface area is 139 Å². The molecule has 0 saturated carbocycles. The first-order chi connectivity index (χ1) is 9.74. The molecule has 0 aromatic heterocycles. The van der Waals surface area contributed by atoms with E-state index in [-0.39, 0.29) is 30.6 Å². The molecular weight excluding hydrogens is 328 g/mol. The van der Waals surface area contributed by atoms with Crippen molar-refractivity contribution in [3.05, 3.63) is 0 Å². The molecule has 0 aromatic carbocycles. The highest BCUT2D eigenvalue weighted by molar-refractivity contribution is 7.92. The van der Waals surface area contributed by atoms with Crippen LogP contribution in [0.25, 0.3) is 0 Å². The summed E-state index contributed by atoms with van der Waals surface area (Å²) in [5.74, 6) is 0.0985. The Morgan fingerprint density at radius 3 is 2.36 bits per heavy atom. The highest BCUT2D eigenvalue weighted by atomic mass is 35.5. The van der Waals surface area contributed by atoms with Gasteiger partial charge in [0.2, 0.25) is 5.91 Å². The third-order valence-corrected chi connectivity index (χ3v) is 7.30. The van der Waals surface area contributed by atoms with Crippen LogP contribution in [0.1, 0.15) is 26.7 Å². The Hall–Kier alpha value is -0.370. The number of hydrogen-bond acceptors (Lipinski definition) is 5. The second kappa shape index (κ2) is 7.03. The summed E-state index contributed by atoms with van der Waals surface area (Å²) in [4.78, 5) is 14.7. The first-order valence-corrected chi connectivity index (χ1v) is 9.11. The first-order valence-electron chi connectivity index (χ1n) is 7.45. The number of halogens is 1. The summed E-state index contributed by atoms with van der Waals surface area (Å²) in [7, 11) is -1.51. The van der Waals surface area contributed by atoms with E-state index in [0.717, 1.165) is 25.9 Å². The third-order valence-electron chi connectivity index (χ3n) is 4.77. The summed E-state index contributed by atoms with van der Waals surface area (Å²) in [5, 5.41) is 3.26. The minimum absolute atomic E-state index is 0. The number of nitrogens with one attached hydrogen (secondary N) is 1. The third kappa shape index (κ3) is 3.58. The van der Waals surface area contributed by atoms with Crippen LogP contribution in [-0.4, -0.2) is 69.6 Å². The van der Waals surface area contributed by atoms with Crippen LogP contribution in [-0.2, 0) is 19.4 Å². The van der Waals surface area contributed by atoms with Crippen molar-refractivity contribution in [1.29, 1.82) is 0 Å². The van der Waals surface area contributed by atoms with Crippen molar-refractivity contribution in [2.45, 2.75) is 31.4 Å². The first kappa shape index (κ1) is 19.7. The summed E-state index contributed by atoms with van der Waals surface area (Å²) in [6.45, 7) is 5.96. The van der Waals surface area contributed by atoms with Crippen LogP contribution in [0.3, 0.4) is 0 Å². The van der Waals surface area contributed by atoms with Crippen molar-refractivity contribution in [2.75, 3.05) is 45.6 Å². The average molecular weight is 355 g/mol. The molecule has 2 aliphatic rings. The standard InChI is InChI=1S/C14H26N2O4S.ClH/c1-13(2)10-16(8-9-21(13,18)19)12(17)14(11-20-3)4-6-15-7-5-14;/h15H,4-11H2,1-3H3;1H. The van der Waals surface area contributed by atoms with Gasteiger partial charge in [-0.05, 0) is 39.8 Å². The highest BCUT2D eigenvalue weighted by Gasteiger charge is 2.47. The molecule has 2 fully saturated rings. The van der Waals surface area contributed by atoms with Gasteiger partial charge in [-0.25, -0.2) is 8.42 Å². The number of nitrogens with zero attached hydrogens (tertiary/aromatic N) is 1. The van der Waals surface area contributed by atoms with Gasteiger partial charge in [-0.3, -0.25) is 4.79 Å². The number of amides is 1. The van der Waals surface area contributed by atoms with Crippen LogP contribution < -0.4 is 5.32 Å². The highest BCUT2D eigenvalue weighted by Crippen LogP contribution is 2.34. The van der Waals surface area contributed by atoms with E-state index in [4.69, 9.17) is 4.74 Å². The van der Waals surface area contributed by atoms with Crippen molar-refractivity contribution < 1.29 is 17.9 Å². The lowest BCUT2D eigenvalue weighted by molar-refractivity contribution is -0.148. The Morgan fingerprint density at radius 2 is 1.86 bits per heavy atom. The minimum atomic E-state index is -3.13. The van der Waals surface area contributed by atoms with E-state index < -0.39 is 20.0 Å². The number of ether oxygens (including phenoxy) is 1. The Bertz CT molecular complexity index is 495. The molecule has 8 heteroatoms. The molecule has 130 valence electrons. The second-order valence-electron chi connectivity index (χ2n) is 6.77. The summed E-state index contributed by atoms with van der Waals surface area (Å²) in [6, 6.07) is 0. The monoisotopic (exact) mass is 354 g/mol. The lowest BCUT2D eigenvalue weighted by atomic mass is 9.78. The van der Waals surface area contributed by atoms with E-state index in [9.17, 15) is 13.2 Å². The van der Waals surface area contributed by atoms with Gasteiger partial charge in [0, 0.05) is 20.2 Å². The van der Waals surface area contributed by atoms with E-state index in [1.807, 2.05) is 0 Å². The summed E-state index contributed by atoms with van der Waals surface area (Å²) in [6.07, 6.45) is 1.48. The predicted molar refractivity (Wildman–Crippen MR) is 88.1 cm³/mol. The minimum Gasteiger partial charge on any atom is -0.384 e. The van der Waals surface area contributed by atoms with Crippen LogP contribution in [0.15, 0.2) is 0 Å². The molecule has 0 atom stereocenters. The van der Waals surface area contributed by atoms with Gasteiger partial charge in [0.1, 0.15) is 0 Å². The fourth-order valence-corrected chi connectivity index (χ4v) is 4.62. The maximum absolute atomic E-state index is 13.0. The van der Waals surface area contributed by atoms with E-state index in [0.29, 0.717) is 13.2 Å². The quantitative estimate of drug-likeness (QED) is 0.797. The molecule has 2 heterocycles. The Morgan fingerprint density at radius 1 is 1.27 bits per heavy atom. The van der Waals surface area contributed by atoms with Gasteiger partial charge in [-0.2, -0.15) is 0 Å². The number of carbonyl (C=O) groups excluding carboxylic acids is 1. The number of methoxy groups -OCH3 is 1. The van der Waals surface area contributed by atoms with Crippen LogP contribution >= 0.6 is 12.4 Å². The molecule has 2 aliphatic heterocycles. The fraction of sp³-hybridized carbons (Fsp3) is 0.929. The van der Waals surface area contributed by atoms with E-state index >= 15 is 0 Å². The number of rotatable bonds is 3. The molecular formula is C14H27ClN2O4S. The predicted octanol–water partition coefficient (Wildman–Crippen LogP) is 0.460. The molecule has 0 spiro atoms. The van der Waals surface area contributed by atoms with Crippen molar-refractivity contribution in [3.63, 3.8) is 0 Å². The van der Waals surface area contributed by atoms with Gasteiger partial charge in [0.15, 0.2) is 9.84 Å². The van der Waals surface area contributed by atoms with Gasteiger partial charge in [0.25, 0.3) is 0 Å². The second-order valence-corrected chi connectivity index (χ2v) is 9.51. The van der Waals surface area contributed by atoms with E-state index in [2.05, 4.69) is 5.32 Å². The molecule has 2 saturated heterocycles.